The van der Waals surface area contributed by atoms with Gasteiger partial charge in [0.25, 0.3) is 0 Å². The minimum absolute atomic E-state index is 0.362. The van der Waals surface area contributed by atoms with E-state index in [0.29, 0.717) is 30.3 Å². The van der Waals surface area contributed by atoms with Gasteiger partial charge in [-0.15, -0.1) is 10.2 Å². The van der Waals surface area contributed by atoms with Crippen molar-refractivity contribution < 1.29 is 13.2 Å². The van der Waals surface area contributed by atoms with Crippen LogP contribution >= 0.6 is 0 Å². The standard InChI is InChI=1S/C17H19F3N6/c1-21-9-10-26-24-16(23-25-26)14-7-2-3-8-15(14)22-13-6-4-5-12(11-13)17(18,19)20/h4-8,11,21-22H,2-3,9-10H2,1H3. The van der Waals surface area contributed by atoms with Crippen LogP contribution in [0.15, 0.2) is 42.1 Å². The number of allylic oxidation sites excluding steroid dienone is 3. The first-order chi connectivity index (χ1) is 12.5. The average molecular weight is 364 g/mol. The van der Waals surface area contributed by atoms with Gasteiger partial charge in [0.15, 0.2) is 0 Å². The van der Waals surface area contributed by atoms with E-state index in [-0.39, 0.29) is 0 Å². The van der Waals surface area contributed by atoms with E-state index in [1.165, 1.54) is 10.9 Å². The monoisotopic (exact) mass is 364 g/mol. The number of benzene rings is 1. The number of likely N-dealkylation sites (N-methyl/N-ethyl adjacent to an activating group) is 1. The van der Waals surface area contributed by atoms with Crippen LogP contribution in [0.25, 0.3) is 5.57 Å². The van der Waals surface area contributed by atoms with Gasteiger partial charge in [-0.2, -0.15) is 18.0 Å². The highest BCUT2D eigenvalue weighted by molar-refractivity contribution is 5.80. The van der Waals surface area contributed by atoms with E-state index in [1.807, 2.05) is 19.2 Å². The van der Waals surface area contributed by atoms with Crippen molar-refractivity contribution in [2.45, 2.75) is 25.6 Å². The fourth-order valence-electron chi connectivity index (χ4n) is 2.59. The minimum atomic E-state index is -4.38. The molecule has 1 aromatic heterocycles. The van der Waals surface area contributed by atoms with Crippen LogP contribution in [0.2, 0.25) is 0 Å². The predicted octanol–water partition coefficient (Wildman–Crippen LogP) is 3.08. The summed E-state index contributed by atoms with van der Waals surface area (Å²) >= 11 is 0. The Hall–Kier alpha value is -2.68. The molecule has 9 heteroatoms. The number of hydrogen-bond acceptors (Lipinski definition) is 5. The maximum Gasteiger partial charge on any atom is 0.416 e. The van der Waals surface area contributed by atoms with E-state index in [4.69, 9.17) is 0 Å². The Morgan fingerprint density at radius 2 is 2.00 bits per heavy atom. The number of alkyl halides is 3. The van der Waals surface area contributed by atoms with Crippen molar-refractivity contribution >= 4 is 11.3 Å². The molecule has 0 saturated heterocycles. The lowest BCUT2D eigenvalue weighted by Gasteiger charge is -2.17. The van der Waals surface area contributed by atoms with Crippen LogP contribution in [0.1, 0.15) is 24.2 Å². The third-order valence-electron chi connectivity index (χ3n) is 3.88. The first-order valence-corrected chi connectivity index (χ1v) is 8.25. The second-order valence-corrected chi connectivity index (χ2v) is 5.83. The zero-order valence-corrected chi connectivity index (χ0v) is 14.2. The van der Waals surface area contributed by atoms with Crippen LogP contribution in [0.5, 0.6) is 0 Å². The Bertz CT molecular complexity index is 822. The van der Waals surface area contributed by atoms with Crippen LogP contribution in [0.4, 0.5) is 18.9 Å². The molecule has 0 saturated carbocycles. The number of tetrazole rings is 1. The lowest BCUT2D eigenvalue weighted by molar-refractivity contribution is -0.137. The highest BCUT2D eigenvalue weighted by Crippen LogP contribution is 2.32. The van der Waals surface area contributed by atoms with E-state index in [2.05, 4.69) is 26.0 Å². The number of nitrogens with one attached hydrogen (secondary N) is 2. The van der Waals surface area contributed by atoms with Gasteiger partial charge in [-0.1, -0.05) is 18.2 Å². The molecule has 26 heavy (non-hydrogen) atoms. The third kappa shape index (κ3) is 4.29. The molecule has 0 amide bonds. The lowest BCUT2D eigenvalue weighted by atomic mass is 10.0. The zero-order valence-electron chi connectivity index (χ0n) is 14.2. The molecule has 0 atom stereocenters. The molecule has 0 radical (unpaired) electrons. The summed E-state index contributed by atoms with van der Waals surface area (Å²) in [6.07, 6.45) is 1.13. The molecule has 0 unspecified atom stereocenters. The van der Waals surface area contributed by atoms with Gasteiger partial charge in [0.2, 0.25) is 5.82 Å². The van der Waals surface area contributed by atoms with E-state index < -0.39 is 11.7 Å². The molecule has 138 valence electrons. The topological polar surface area (TPSA) is 67.7 Å². The summed E-state index contributed by atoms with van der Waals surface area (Å²) in [5, 5.41) is 18.5. The van der Waals surface area contributed by atoms with E-state index in [0.717, 1.165) is 30.5 Å². The maximum atomic E-state index is 12.9. The minimum Gasteiger partial charge on any atom is -0.355 e. The third-order valence-corrected chi connectivity index (χ3v) is 3.88. The normalized spacial score (nSPS) is 14.8. The Morgan fingerprint density at radius 3 is 2.77 bits per heavy atom. The average Bonchev–Trinajstić information content (AvgIpc) is 3.09. The van der Waals surface area contributed by atoms with Crippen LogP contribution in [0.3, 0.4) is 0 Å². The maximum absolute atomic E-state index is 12.9. The van der Waals surface area contributed by atoms with Crippen molar-refractivity contribution in [3.63, 3.8) is 0 Å². The Morgan fingerprint density at radius 1 is 1.19 bits per heavy atom. The Labute approximate surface area is 148 Å². The molecule has 2 N–H and O–H groups in total. The second kappa shape index (κ2) is 7.69. The van der Waals surface area contributed by atoms with Crippen molar-refractivity contribution in [2.24, 2.45) is 0 Å². The quantitative estimate of drug-likeness (QED) is 0.825. The summed E-state index contributed by atoms with van der Waals surface area (Å²) in [5.74, 6) is 0.450. The Kier molecular flexibility index (Phi) is 5.36. The molecular formula is C17H19F3N6. The van der Waals surface area contributed by atoms with Crippen LogP contribution in [-0.4, -0.2) is 33.8 Å². The van der Waals surface area contributed by atoms with E-state index in [1.54, 1.807) is 6.07 Å². The van der Waals surface area contributed by atoms with E-state index >= 15 is 0 Å². The largest absolute Gasteiger partial charge is 0.416 e. The van der Waals surface area contributed by atoms with Gasteiger partial charge in [-0.25, -0.2) is 0 Å². The van der Waals surface area contributed by atoms with Crippen LogP contribution in [0, 0.1) is 0 Å². The molecule has 0 fully saturated rings. The van der Waals surface area contributed by atoms with Gasteiger partial charge in [-0.05, 0) is 43.3 Å². The van der Waals surface area contributed by atoms with Gasteiger partial charge in [-0.3, -0.25) is 0 Å². The number of rotatable bonds is 6. The molecule has 0 aliphatic heterocycles. The molecule has 1 heterocycles. The van der Waals surface area contributed by atoms with Crippen molar-refractivity contribution in [3.05, 3.63) is 53.5 Å². The number of nitrogens with zero attached hydrogens (tertiary/aromatic N) is 4. The van der Waals surface area contributed by atoms with Gasteiger partial charge < -0.3 is 10.6 Å². The molecule has 1 aliphatic rings. The van der Waals surface area contributed by atoms with Gasteiger partial charge in [0, 0.05) is 23.5 Å². The highest BCUT2D eigenvalue weighted by Gasteiger charge is 2.30. The van der Waals surface area contributed by atoms with Crippen molar-refractivity contribution in [3.8, 4) is 0 Å². The summed E-state index contributed by atoms with van der Waals surface area (Å²) in [5.41, 5.74) is 1.09. The highest BCUT2D eigenvalue weighted by atomic mass is 19.4. The molecule has 1 aromatic carbocycles. The molecule has 3 rings (SSSR count). The first kappa shape index (κ1) is 18.1. The SMILES string of the molecule is CNCCn1nnc(C2=CCCC=C2Nc2cccc(C(F)(F)F)c2)n1. The van der Waals surface area contributed by atoms with E-state index in [9.17, 15) is 13.2 Å². The first-order valence-electron chi connectivity index (χ1n) is 8.25. The van der Waals surface area contributed by atoms with Gasteiger partial charge in [0.05, 0.1) is 12.1 Å². The summed E-state index contributed by atoms with van der Waals surface area (Å²) in [4.78, 5) is 1.49. The summed E-state index contributed by atoms with van der Waals surface area (Å²) in [6, 6.07) is 5.11. The zero-order chi connectivity index (χ0) is 18.6. The fraction of sp³-hybridized carbons (Fsp3) is 0.353. The number of aromatic nitrogens is 4. The predicted molar refractivity (Wildman–Crippen MR) is 92.1 cm³/mol. The molecule has 6 nitrogen and oxygen atoms in total. The van der Waals surface area contributed by atoms with Gasteiger partial charge in [0.1, 0.15) is 0 Å². The summed E-state index contributed by atoms with van der Waals surface area (Å²) in [7, 11) is 1.83. The molecule has 2 aromatic rings. The summed E-state index contributed by atoms with van der Waals surface area (Å²) < 4.78 is 38.7. The van der Waals surface area contributed by atoms with Crippen molar-refractivity contribution in [1.29, 1.82) is 0 Å². The van der Waals surface area contributed by atoms with Gasteiger partial charge >= 0.3 is 6.18 Å². The molecular weight excluding hydrogens is 345 g/mol. The van der Waals surface area contributed by atoms with Crippen molar-refractivity contribution in [2.75, 3.05) is 18.9 Å². The number of hydrogen-bond donors (Lipinski definition) is 2. The number of anilines is 1. The molecule has 1 aliphatic carbocycles. The smallest absolute Gasteiger partial charge is 0.355 e. The fourth-order valence-corrected chi connectivity index (χ4v) is 2.59. The Balaban J connectivity index is 1.80. The lowest BCUT2D eigenvalue weighted by Crippen LogP contribution is -2.17. The second-order valence-electron chi connectivity index (χ2n) is 5.83. The van der Waals surface area contributed by atoms with Crippen LogP contribution in [-0.2, 0) is 12.7 Å². The molecule has 0 spiro atoms. The number of halogens is 3. The van der Waals surface area contributed by atoms with Crippen LogP contribution < -0.4 is 10.6 Å². The molecule has 0 bridgehead atoms. The van der Waals surface area contributed by atoms with Crippen molar-refractivity contribution in [1.82, 2.24) is 25.5 Å². The summed E-state index contributed by atoms with van der Waals surface area (Å²) in [6.45, 7) is 1.29.